The fraction of sp³-hybridized carbons (Fsp3) is 0.333. The lowest BCUT2D eigenvalue weighted by molar-refractivity contribution is -0.894. The second kappa shape index (κ2) is 6.80. The van der Waals surface area contributed by atoms with E-state index < -0.39 is 5.97 Å². The van der Waals surface area contributed by atoms with Gasteiger partial charge in [-0.05, 0) is 6.92 Å². The van der Waals surface area contributed by atoms with E-state index in [1.54, 1.807) is 6.92 Å². The molecular formula is C15H18N2O3S. The molecule has 1 heterocycles. The summed E-state index contributed by atoms with van der Waals surface area (Å²) in [5.41, 5.74) is 2.56. The molecule has 2 aromatic rings. The van der Waals surface area contributed by atoms with Gasteiger partial charge in [0.15, 0.2) is 0 Å². The Morgan fingerprint density at radius 1 is 1.38 bits per heavy atom. The third-order valence-electron chi connectivity index (χ3n) is 3.23. The molecule has 1 unspecified atom stereocenters. The number of quaternary nitrogens is 1. The number of hydrogen-bond donors (Lipinski definition) is 2. The van der Waals surface area contributed by atoms with Crippen molar-refractivity contribution in [1.82, 2.24) is 4.98 Å². The standard InChI is InChI=1S/C15H18N2O3S/c1-10-13(15(19)20)21-14(16-10)12-5-3-11(4-6-12)9-17(2)7-8-18/h3-6,18H,7-9H2,1-2H3,(H,19,20). The fourth-order valence-electron chi connectivity index (χ4n) is 2.10. The lowest BCUT2D eigenvalue weighted by Crippen LogP contribution is -3.08. The van der Waals surface area contributed by atoms with Gasteiger partial charge < -0.3 is 19.9 Å². The molecule has 0 saturated carbocycles. The number of aliphatic hydroxyl groups excluding tert-OH is 1. The molecule has 2 rings (SSSR count). The minimum atomic E-state index is -1.18. The number of aromatic carboxylic acids is 1. The second-order valence-electron chi connectivity index (χ2n) is 5.03. The number of aryl methyl sites for hydroxylation is 1. The van der Waals surface area contributed by atoms with Gasteiger partial charge in [0.1, 0.15) is 18.1 Å². The maximum absolute atomic E-state index is 10.9. The van der Waals surface area contributed by atoms with Crippen molar-refractivity contribution in [1.29, 1.82) is 0 Å². The maximum Gasteiger partial charge on any atom is 0.124 e. The van der Waals surface area contributed by atoms with E-state index in [1.165, 1.54) is 4.90 Å². The van der Waals surface area contributed by atoms with Crippen LogP contribution in [0.1, 0.15) is 20.9 Å². The molecule has 1 atom stereocenters. The van der Waals surface area contributed by atoms with Crippen molar-refractivity contribution in [2.24, 2.45) is 0 Å². The van der Waals surface area contributed by atoms with E-state index in [1.807, 2.05) is 31.3 Å². The number of carbonyl (C=O) groups excluding carboxylic acids is 1. The number of rotatable bonds is 6. The number of nitrogens with zero attached hydrogens (tertiary/aromatic N) is 1. The largest absolute Gasteiger partial charge is 0.544 e. The summed E-state index contributed by atoms with van der Waals surface area (Å²) in [5.74, 6) is -1.18. The van der Waals surface area contributed by atoms with Gasteiger partial charge in [-0.25, -0.2) is 4.98 Å². The van der Waals surface area contributed by atoms with Crippen molar-refractivity contribution in [2.45, 2.75) is 13.5 Å². The Morgan fingerprint density at radius 2 is 2.05 bits per heavy atom. The number of carboxylic acids is 1. The van der Waals surface area contributed by atoms with Crippen molar-refractivity contribution < 1.29 is 19.9 Å². The molecule has 0 saturated heterocycles. The molecule has 0 aliphatic heterocycles. The van der Waals surface area contributed by atoms with Crippen LogP contribution in [0.25, 0.3) is 10.6 Å². The van der Waals surface area contributed by atoms with Crippen LogP contribution in [-0.2, 0) is 6.54 Å². The van der Waals surface area contributed by atoms with E-state index in [2.05, 4.69) is 4.98 Å². The fourth-order valence-corrected chi connectivity index (χ4v) is 3.01. The van der Waals surface area contributed by atoms with Crippen molar-refractivity contribution in [3.63, 3.8) is 0 Å². The highest BCUT2D eigenvalue weighted by Gasteiger charge is 2.10. The van der Waals surface area contributed by atoms with E-state index in [9.17, 15) is 9.90 Å². The van der Waals surface area contributed by atoms with E-state index in [4.69, 9.17) is 5.11 Å². The minimum Gasteiger partial charge on any atom is -0.544 e. The molecule has 6 heteroatoms. The smallest absolute Gasteiger partial charge is 0.124 e. The van der Waals surface area contributed by atoms with Crippen LogP contribution in [0.5, 0.6) is 0 Å². The predicted octanol–water partition coefficient (Wildman–Crippen LogP) is -0.511. The summed E-state index contributed by atoms with van der Waals surface area (Å²) in [5, 5.41) is 20.5. The quantitative estimate of drug-likeness (QED) is 0.753. The number of nitrogens with one attached hydrogen (secondary N) is 1. The molecule has 1 aromatic carbocycles. The van der Waals surface area contributed by atoms with Crippen molar-refractivity contribution in [3.8, 4) is 10.6 Å². The second-order valence-corrected chi connectivity index (χ2v) is 6.02. The molecule has 5 nitrogen and oxygen atoms in total. The van der Waals surface area contributed by atoms with E-state index in [0.717, 1.165) is 29.0 Å². The number of aliphatic hydroxyl groups is 1. The SMILES string of the molecule is Cc1nc(-c2ccc(C[NH+](C)CCO)cc2)sc1C(=O)[O-]. The highest BCUT2D eigenvalue weighted by atomic mass is 32.1. The first-order valence-electron chi connectivity index (χ1n) is 6.71. The number of carbonyl (C=O) groups is 1. The molecule has 0 aliphatic carbocycles. The third-order valence-corrected chi connectivity index (χ3v) is 4.41. The predicted molar refractivity (Wildman–Crippen MR) is 79.2 cm³/mol. The Kier molecular flexibility index (Phi) is 5.06. The Hall–Kier alpha value is -1.76. The summed E-state index contributed by atoms with van der Waals surface area (Å²) in [6.45, 7) is 3.39. The average molecular weight is 306 g/mol. The van der Waals surface area contributed by atoms with E-state index >= 15 is 0 Å². The molecule has 0 amide bonds. The van der Waals surface area contributed by atoms with Gasteiger partial charge in [0, 0.05) is 11.1 Å². The first kappa shape index (κ1) is 15.6. The number of hydrogen-bond acceptors (Lipinski definition) is 5. The van der Waals surface area contributed by atoms with Gasteiger partial charge in [0.25, 0.3) is 0 Å². The lowest BCUT2D eigenvalue weighted by Gasteiger charge is -2.12. The van der Waals surface area contributed by atoms with E-state index in [-0.39, 0.29) is 11.5 Å². The maximum atomic E-state index is 10.9. The normalized spacial score (nSPS) is 12.3. The molecule has 0 aliphatic rings. The van der Waals surface area contributed by atoms with Crippen LogP contribution in [-0.4, -0.2) is 36.3 Å². The average Bonchev–Trinajstić information content (AvgIpc) is 2.82. The van der Waals surface area contributed by atoms with Gasteiger partial charge in [0.05, 0.1) is 30.2 Å². The zero-order chi connectivity index (χ0) is 15.4. The van der Waals surface area contributed by atoms with Crippen LogP contribution < -0.4 is 10.0 Å². The number of thiazole rings is 1. The highest BCUT2D eigenvalue weighted by molar-refractivity contribution is 7.17. The lowest BCUT2D eigenvalue weighted by atomic mass is 10.1. The Labute approximate surface area is 127 Å². The van der Waals surface area contributed by atoms with Crippen LogP contribution in [0.15, 0.2) is 24.3 Å². The monoisotopic (exact) mass is 306 g/mol. The highest BCUT2D eigenvalue weighted by Crippen LogP contribution is 2.27. The molecule has 0 spiro atoms. The minimum absolute atomic E-state index is 0.175. The zero-order valence-corrected chi connectivity index (χ0v) is 12.9. The number of carboxylic acid groups (broad SMARTS) is 1. The molecule has 0 bridgehead atoms. The van der Waals surface area contributed by atoms with Crippen molar-refractivity contribution in [3.05, 3.63) is 40.4 Å². The molecule has 1 aromatic heterocycles. The first-order valence-corrected chi connectivity index (χ1v) is 7.53. The molecule has 112 valence electrons. The molecule has 0 fully saturated rings. The Morgan fingerprint density at radius 3 is 2.57 bits per heavy atom. The van der Waals surface area contributed by atoms with Crippen LogP contribution in [0.3, 0.4) is 0 Å². The Balaban J connectivity index is 2.15. The third kappa shape index (κ3) is 3.87. The van der Waals surface area contributed by atoms with Crippen LogP contribution in [0, 0.1) is 6.92 Å². The van der Waals surface area contributed by atoms with Gasteiger partial charge in [-0.2, -0.15) is 0 Å². The van der Waals surface area contributed by atoms with E-state index in [0.29, 0.717) is 17.2 Å². The van der Waals surface area contributed by atoms with Gasteiger partial charge in [0.2, 0.25) is 0 Å². The summed E-state index contributed by atoms with van der Waals surface area (Å²) in [4.78, 5) is 16.6. The molecule has 21 heavy (non-hydrogen) atoms. The van der Waals surface area contributed by atoms with Crippen molar-refractivity contribution in [2.75, 3.05) is 20.2 Å². The zero-order valence-electron chi connectivity index (χ0n) is 12.0. The van der Waals surface area contributed by atoms with Crippen LogP contribution in [0.2, 0.25) is 0 Å². The topological polar surface area (TPSA) is 77.7 Å². The Bertz CT molecular complexity index is 622. The summed E-state index contributed by atoms with van der Waals surface area (Å²) < 4.78 is 0. The number of likely N-dealkylation sites (N-methyl/N-ethyl adjacent to an activating group) is 1. The van der Waals surface area contributed by atoms with Gasteiger partial charge >= 0.3 is 0 Å². The summed E-state index contributed by atoms with van der Waals surface area (Å²) in [6.07, 6.45) is 0. The van der Waals surface area contributed by atoms with Gasteiger partial charge in [-0.1, -0.05) is 24.3 Å². The first-order chi connectivity index (χ1) is 10.0. The van der Waals surface area contributed by atoms with Crippen LogP contribution in [0.4, 0.5) is 0 Å². The van der Waals surface area contributed by atoms with Crippen LogP contribution >= 0.6 is 11.3 Å². The number of aromatic nitrogens is 1. The van der Waals surface area contributed by atoms with Crippen molar-refractivity contribution >= 4 is 17.3 Å². The summed E-state index contributed by atoms with van der Waals surface area (Å²) in [6, 6.07) is 7.90. The summed E-state index contributed by atoms with van der Waals surface area (Å²) in [7, 11) is 2.03. The molecule has 2 N–H and O–H groups in total. The number of benzene rings is 1. The van der Waals surface area contributed by atoms with Gasteiger partial charge in [-0.15, -0.1) is 11.3 Å². The molecular weight excluding hydrogens is 288 g/mol. The molecule has 0 radical (unpaired) electrons. The van der Waals surface area contributed by atoms with Gasteiger partial charge in [-0.3, -0.25) is 0 Å². The summed E-state index contributed by atoms with van der Waals surface area (Å²) >= 11 is 1.14.